The standard InChI is InChI=1S/C26H18BrF5N4O5/c27-22-21(13-4-6-14(7-5-13)26(30,31)32)36-24(41-22)18(12-39-25(38)35-11-15-3-1-2-10-34-15)40-17-9-8-16(28)19(20(17)29)23(33)37/h1-10,18H,11-12H2,(H2,33,37)(H,35,38). The van der Waals surface area contributed by atoms with Crippen LogP contribution in [0.15, 0.2) is 69.9 Å². The number of alkyl carbamates (subject to hydrolysis) is 1. The molecule has 2 heterocycles. The van der Waals surface area contributed by atoms with Crippen LogP contribution in [0, 0.1) is 11.6 Å². The zero-order valence-electron chi connectivity index (χ0n) is 20.5. The number of carbonyl (C=O) groups excluding carboxylic acids is 2. The number of primary amides is 1. The van der Waals surface area contributed by atoms with Gasteiger partial charge in [-0.25, -0.2) is 18.6 Å². The molecule has 0 aliphatic carbocycles. The largest absolute Gasteiger partial charge is 0.474 e. The summed E-state index contributed by atoms with van der Waals surface area (Å²) < 4.78 is 84.0. The third-order valence-electron chi connectivity index (χ3n) is 5.44. The molecule has 0 aliphatic rings. The first-order valence-electron chi connectivity index (χ1n) is 11.5. The van der Waals surface area contributed by atoms with Gasteiger partial charge in [-0.3, -0.25) is 9.78 Å². The van der Waals surface area contributed by atoms with Crippen LogP contribution in [0.1, 0.15) is 33.6 Å². The average Bonchev–Trinajstić information content (AvgIpc) is 3.32. The molecule has 2 aromatic carbocycles. The van der Waals surface area contributed by atoms with E-state index in [2.05, 4.69) is 31.2 Å². The molecule has 4 aromatic rings. The molecular formula is C26H18BrF5N4O5. The Morgan fingerprint density at radius 2 is 1.80 bits per heavy atom. The molecule has 41 heavy (non-hydrogen) atoms. The maximum atomic E-state index is 14.9. The van der Waals surface area contributed by atoms with Crippen LogP contribution >= 0.6 is 15.9 Å². The fraction of sp³-hybridized carbons (Fsp3) is 0.154. The number of oxazole rings is 1. The van der Waals surface area contributed by atoms with Crippen molar-refractivity contribution in [3.63, 3.8) is 0 Å². The minimum atomic E-state index is -4.55. The first kappa shape index (κ1) is 29.5. The number of hydrogen-bond donors (Lipinski definition) is 2. The van der Waals surface area contributed by atoms with Crippen molar-refractivity contribution in [3.8, 4) is 17.0 Å². The summed E-state index contributed by atoms with van der Waals surface area (Å²) in [6.45, 7) is -0.613. The molecule has 214 valence electrons. The van der Waals surface area contributed by atoms with Gasteiger partial charge in [0, 0.05) is 11.8 Å². The topological polar surface area (TPSA) is 130 Å². The zero-order chi connectivity index (χ0) is 29.7. The highest BCUT2D eigenvalue weighted by molar-refractivity contribution is 9.10. The quantitative estimate of drug-likeness (QED) is 0.217. The van der Waals surface area contributed by atoms with E-state index >= 15 is 0 Å². The van der Waals surface area contributed by atoms with Crippen molar-refractivity contribution in [3.05, 3.63) is 99.8 Å². The number of nitrogens with two attached hydrogens (primary N) is 1. The Morgan fingerprint density at radius 3 is 2.44 bits per heavy atom. The smallest absolute Gasteiger partial charge is 0.416 e. The van der Waals surface area contributed by atoms with E-state index in [-0.39, 0.29) is 28.4 Å². The highest BCUT2D eigenvalue weighted by Gasteiger charge is 2.31. The molecular weight excluding hydrogens is 623 g/mol. The van der Waals surface area contributed by atoms with Gasteiger partial charge in [-0.15, -0.1) is 0 Å². The molecule has 0 fully saturated rings. The third kappa shape index (κ3) is 7.16. The Balaban J connectivity index is 1.60. The maximum absolute atomic E-state index is 14.9. The van der Waals surface area contributed by atoms with Crippen LogP contribution in [0.2, 0.25) is 0 Å². The minimum absolute atomic E-state index is 0.0162. The lowest BCUT2D eigenvalue weighted by Crippen LogP contribution is -2.27. The van der Waals surface area contributed by atoms with E-state index in [9.17, 15) is 31.5 Å². The Hall–Kier alpha value is -4.53. The van der Waals surface area contributed by atoms with E-state index in [0.29, 0.717) is 5.69 Å². The summed E-state index contributed by atoms with van der Waals surface area (Å²) in [6.07, 6.45) is -5.43. The SMILES string of the molecule is NC(=O)c1c(F)ccc(OC(COC(=O)NCc2ccccn2)c2nc(-c3ccc(C(F)(F)F)cc3)c(Br)o2)c1F. The van der Waals surface area contributed by atoms with Crippen molar-refractivity contribution in [1.82, 2.24) is 15.3 Å². The van der Waals surface area contributed by atoms with Gasteiger partial charge in [0.1, 0.15) is 23.7 Å². The van der Waals surface area contributed by atoms with E-state index in [1.165, 1.54) is 6.20 Å². The molecule has 1 atom stereocenters. The lowest BCUT2D eigenvalue weighted by molar-refractivity contribution is -0.137. The molecule has 2 aromatic heterocycles. The molecule has 2 amide bonds. The van der Waals surface area contributed by atoms with Gasteiger partial charge < -0.3 is 24.9 Å². The van der Waals surface area contributed by atoms with Crippen molar-refractivity contribution < 1.29 is 45.4 Å². The first-order chi connectivity index (χ1) is 19.4. The summed E-state index contributed by atoms with van der Waals surface area (Å²) in [5.74, 6) is -4.99. The van der Waals surface area contributed by atoms with Crippen LogP contribution in [0.3, 0.4) is 0 Å². The van der Waals surface area contributed by atoms with Gasteiger partial charge in [0.25, 0.3) is 5.91 Å². The molecule has 9 nitrogen and oxygen atoms in total. The van der Waals surface area contributed by atoms with Crippen molar-refractivity contribution in [2.75, 3.05) is 6.61 Å². The minimum Gasteiger partial charge on any atom is -0.474 e. The Morgan fingerprint density at radius 1 is 1.07 bits per heavy atom. The van der Waals surface area contributed by atoms with Crippen molar-refractivity contribution in [2.45, 2.75) is 18.8 Å². The second kappa shape index (κ2) is 12.3. The van der Waals surface area contributed by atoms with Crippen molar-refractivity contribution >= 4 is 27.9 Å². The summed E-state index contributed by atoms with van der Waals surface area (Å²) >= 11 is 3.13. The summed E-state index contributed by atoms with van der Waals surface area (Å²) in [6, 6.07) is 10.7. The molecule has 1 unspecified atom stereocenters. The molecule has 0 saturated heterocycles. The zero-order valence-corrected chi connectivity index (χ0v) is 22.1. The number of benzene rings is 2. The Labute approximate surface area is 236 Å². The molecule has 4 rings (SSSR count). The van der Waals surface area contributed by atoms with Gasteiger partial charge in [0.2, 0.25) is 12.0 Å². The number of ether oxygens (including phenoxy) is 2. The van der Waals surface area contributed by atoms with Gasteiger partial charge in [-0.1, -0.05) is 18.2 Å². The van der Waals surface area contributed by atoms with Crippen LogP contribution in [-0.2, 0) is 17.5 Å². The number of halogens is 6. The number of nitrogens with zero attached hydrogens (tertiary/aromatic N) is 2. The summed E-state index contributed by atoms with van der Waals surface area (Å²) in [4.78, 5) is 32.1. The van der Waals surface area contributed by atoms with E-state index in [1.54, 1.807) is 18.2 Å². The first-order valence-corrected chi connectivity index (χ1v) is 12.3. The molecule has 0 radical (unpaired) electrons. The maximum Gasteiger partial charge on any atom is 0.416 e. The van der Waals surface area contributed by atoms with E-state index in [1.807, 2.05) is 0 Å². The van der Waals surface area contributed by atoms with Crippen LogP contribution in [0.4, 0.5) is 26.7 Å². The predicted molar refractivity (Wildman–Crippen MR) is 135 cm³/mol. The van der Waals surface area contributed by atoms with Crippen molar-refractivity contribution in [2.24, 2.45) is 5.73 Å². The predicted octanol–water partition coefficient (Wildman–Crippen LogP) is 5.94. The van der Waals surface area contributed by atoms with Crippen molar-refractivity contribution in [1.29, 1.82) is 0 Å². The molecule has 0 spiro atoms. The molecule has 0 saturated carbocycles. The van der Waals surface area contributed by atoms with Gasteiger partial charge in [0.05, 0.1) is 17.8 Å². The second-order valence-electron chi connectivity index (χ2n) is 8.23. The fourth-order valence-electron chi connectivity index (χ4n) is 3.48. The second-order valence-corrected chi connectivity index (χ2v) is 8.95. The number of amides is 2. The van der Waals surface area contributed by atoms with Gasteiger partial charge in [0.15, 0.2) is 16.2 Å². The third-order valence-corrected chi connectivity index (χ3v) is 5.98. The van der Waals surface area contributed by atoms with E-state index < -0.39 is 59.4 Å². The number of nitrogens with one attached hydrogen (secondary N) is 1. The average molecular weight is 641 g/mol. The Kier molecular flexibility index (Phi) is 8.86. The van der Waals surface area contributed by atoms with Crippen LogP contribution in [-0.4, -0.2) is 28.6 Å². The number of rotatable bonds is 9. The van der Waals surface area contributed by atoms with Crippen LogP contribution < -0.4 is 15.8 Å². The molecule has 0 bridgehead atoms. The monoisotopic (exact) mass is 640 g/mol. The van der Waals surface area contributed by atoms with Gasteiger partial charge in [-0.2, -0.15) is 13.2 Å². The summed E-state index contributed by atoms with van der Waals surface area (Å²) in [7, 11) is 0. The number of hydrogen-bond acceptors (Lipinski definition) is 7. The summed E-state index contributed by atoms with van der Waals surface area (Å²) in [5, 5.41) is 2.46. The summed E-state index contributed by atoms with van der Waals surface area (Å²) in [5.41, 5.74) is 3.92. The molecule has 15 heteroatoms. The van der Waals surface area contributed by atoms with Crippen LogP contribution in [0.25, 0.3) is 11.3 Å². The van der Waals surface area contributed by atoms with Gasteiger partial charge in [-0.05, 0) is 52.3 Å². The number of aromatic nitrogens is 2. The Bertz CT molecular complexity index is 1550. The van der Waals surface area contributed by atoms with E-state index in [0.717, 1.165) is 36.4 Å². The molecule has 0 aliphatic heterocycles. The molecule has 3 N–H and O–H groups in total. The normalized spacial score (nSPS) is 12.0. The van der Waals surface area contributed by atoms with E-state index in [4.69, 9.17) is 19.6 Å². The number of alkyl halides is 3. The number of pyridine rings is 1. The highest BCUT2D eigenvalue weighted by Crippen LogP contribution is 2.36. The highest BCUT2D eigenvalue weighted by atomic mass is 79.9. The van der Waals surface area contributed by atoms with Crippen LogP contribution in [0.5, 0.6) is 5.75 Å². The fourth-order valence-corrected chi connectivity index (χ4v) is 3.96. The number of carbonyl (C=O) groups is 2. The van der Waals surface area contributed by atoms with Gasteiger partial charge >= 0.3 is 12.3 Å². The lowest BCUT2D eigenvalue weighted by atomic mass is 10.1. The lowest BCUT2D eigenvalue weighted by Gasteiger charge is -2.18.